The van der Waals surface area contributed by atoms with Crippen LogP contribution in [0.4, 0.5) is 11.7 Å². The molecule has 100 valence electrons. The van der Waals surface area contributed by atoms with Crippen molar-refractivity contribution in [3.8, 4) is 11.4 Å². The molecular weight excluding hydrogens is 252 g/mol. The number of rotatable bonds is 6. The van der Waals surface area contributed by atoms with Crippen LogP contribution in [0.25, 0.3) is 11.4 Å². The smallest absolute Gasteiger partial charge is 0.321 e. The summed E-state index contributed by atoms with van der Waals surface area (Å²) in [6.07, 6.45) is 0. The van der Waals surface area contributed by atoms with Gasteiger partial charge in [-0.1, -0.05) is 17.3 Å². The molecule has 1 heterocycles. The summed E-state index contributed by atoms with van der Waals surface area (Å²) >= 11 is 0. The molecule has 2 rings (SSSR count). The molecule has 0 aliphatic rings. The van der Waals surface area contributed by atoms with Gasteiger partial charge >= 0.3 is 6.01 Å². The Morgan fingerprint density at radius 3 is 3.11 bits per heavy atom. The molecule has 0 saturated heterocycles. The monoisotopic (exact) mass is 264 g/mol. The number of aromatic nitrogens is 2. The lowest BCUT2D eigenvalue weighted by molar-refractivity contribution is -0.384. The number of non-ortho nitro benzene ring substituents is 1. The van der Waals surface area contributed by atoms with Crippen molar-refractivity contribution in [2.45, 2.75) is 0 Å². The van der Waals surface area contributed by atoms with Crippen molar-refractivity contribution in [2.24, 2.45) is 0 Å². The number of anilines is 1. The second-order valence-electron chi connectivity index (χ2n) is 3.65. The summed E-state index contributed by atoms with van der Waals surface area (Å²) in [5.41, 5.74) is 0.508. The normalized spacial score (nSPS) is 10.4. The first-order valence-corrected chi connectivity index (χ1v) is 5.52. The minimum absolute atomic E-state index is 0.0174. The summed E-state index contributed by atoms with van der Waals surface area (Å²) in [7, 11) is 1.59. The molecule has 1 aromatic heterocycles. The average molecular weight is 264 g/mol. The van der Waals surface area contributed by atoms with Gasteiger partial charge in [0.2, 0.25) is 5.82 Å². The predicted octanol–water partition coefficient (Wildman–Crippen LogP) is 1.70. The van der Waals surface area contributed by atoms with Gasteiger partial charge in [0.1, 0.15) is 0 Å². The largest absolute Gasteiger partial charge is 0.383 e. The predicted molar refractivity (Wildman–Crippen MR) is 66.8 cm³/mol. The highest BCUT2D eigenvalue weighted by Gasteiger charge is 2.12. The number of methoxy groups -OCH3 is 1. The fourth-order valence-electron chi connectivity index (χ4n) is 1.43. The number of nitro groups is 1. The third-order valence-electron chi connectivity index (χ3n) is 2.32. The van der Waals surface area contributed by atoms with Crippen LogP contribution < -0.4 is 5.32 Å². The maximum absolute atomic E-state index is 10.7. The second kappa shape index (κ2) is 5.91. The van der Waals surface area contributed by atoms with Crippen LogP contribution in [0.1, 0.15) is 0 Å². The fraction of sp³-hybridized carbons (Fsp3) is 0.273. The van der Waals surface area contributed by atoms with Gasteiger partial charge in [0.15, 0.2) is 0 Å². The van der Waals surface area contributed by atoms with Crippen molar-refractivity contribution in [3.63, 3.8) is 0 Å². The summed E-state index contributed by atoms with van der Waals surface area (Å²) in [6.45, 7) is 1.04. The zero-order valence-corrected chi connectivity index (χ0v) is 10.2. The summed E-state index contributed by atoms with van der Waals surface area (Å²) in [6, 6.07) is 6.29. The first kappa shape index (κ1) is 13.0. The standard InChI is InChI=1S/C11H12N4O4/c1-18-6-5-12-11-13-10(14-19-11)8-3-2-4-9(7-8)15(16)17/h2-4,7H,5-6H2,1H3,(H,12,13,14). The Hall–Kier alpha value is -2.48. The zero-order valence-electron chi connectivity index (χ0n) is 10.2. The van der Waals surface area contributed by atoms with Gasteiger partial charge in [0.25, 0.3) is 5.69 Å². The van der Waals surface area contributed by atoms with Gasteiger partial charge in [-0.15, -0.1) is 0 Å². The molecule has 0 spiro atoms. The van der Waals surface area contributed by atoms with Crippen LogP contribution in [0.15, 0.2) is 28.8 Å². The maximum atomic E-state index is 10.7. The first-order valence-electron chi connectivity index (χ1n) is 5.52. The van der Waals surface area contributed by atoms with Crippen molar-refractivity contribution in [1.82, 2.24) is 10.1 Å². The van der Waals surface area contributed by atoms with Crippen molar-refractivity contribution >= 4 is 11.7 Å². The highest BCUT2D eigenvalue weighted by molar-refractivity contribution is 5.59. The summed E-state index contributed by atoms with van der Waals surface area (Å²) in [4.78, 5) is 14.3. The lowest BCUT2D eigenvalue weighted by atomic mass is 10.2. The summed E-state index contributed by atoms with van der Waals surface area (Å²) in [5.74, 6) is 0.295. The Labute approximate surface area is 108 Å². The molecule has 0 saturated carbocycles. The molecule has 1 aromatic carbocycles. The average Bonchev–Trinajstić information content (AvgIpc) is 2.88. The van der Waals surface area contributed by atoms with Gasteiger partial charge in [-0.2, -0.15) is 4.98 Å². The molecule has 0 radical (unpaired) electrons. The summed E-state index contributed by atoms with van der Waals surface area (Å²) in [5, 5.41) is 17.3. The van der Waals surface area contributed by atoms with E-state index in [1.807, 2.05) is 0 Å². The molecule has 0 aliphatic heterocycles. The highest BCUT2D eigenvalue weighted by atomic mass is 16.6. The van der Waals surface area contributed by atoms with Crippen LogP contribution in [0, 0.1) is 10.1 Å². The van der Waals surface area contributed by atoms with E-state index in [2.05, 4.69) is 15.5 Å². The number of ether oxygens (including phenoxy) is 1. The molecule has 2 aromatic rings. The van der Waals surface area contributed by atoms with Gasteiger partial charge in [-0.05, 0) is 0 Å². The Kier molecular flexibility index (Phi) is 4.04. The quantitative estimate of drug-likeness (QED) is 0.481. The number of nitrogens with zero attached hydrogens (tertiary/aromatic N) is 3. The molecule has 19 heavy (non-hydrogen) atoms. The van der Waals surface area contributed by atoms with E-state index in [1.165, 1.54) is 12.1 Å². The Balaban J connectivity index is 2.13. The molecule has 8 heteroatoms. The van der Waals surface area contributed by atoms with E-state index in [4.69, 9.17) is 9.26 Å². The van der Waals surface area contributed by atoms with Crippen LogP contribution in [0.5, 0.6) is 0 Å². The molecule has 0 fully saturated rings. The Morgan fingerprint density at radius 1 is 1.53 bits per heavy atom. The van der Waals surface area contributed by atoms with Crippen molar-refractivity contribution in [2.75, 3.05) is 25.6 Å². The van der Waals surface area contributed by atoms with E-state index in [1.54, 1.807) is 19.2 Å². The number of benzene rings is 1. The fourth-order valence-corrected chi connectivity index (χ4v) is 1.43. The van der Waals surface area contributed by atoms with Crippen molar-refractivity contribution < 1.29 is 14.2 Å². The number of hydrogen-bond donors (Lipinski definition) is 1. The van der Waals surface area contributed by atoms with Gasteiger partial charge in [0.05, 0.1) is 11.5 Å². The van der Waals surface area contributed by atoms with Crippen LogP contribution in [0.3, 0.4) is 0 Å². The topological polar surface area (TPSA) is 103 Å². The Morgan fingerprint density at radius 2 is 2.37 bits per heavy atom. The minimum Gasteiger partial charge on any atom is -0.383 e. The van der Waals surface area contributed by atoms with Crippen molar-refractivity contribution in [1.29, 1.82) is 0 Å². The van der Waals surface area contributed by atoms with E-state index < -0.39 is 4.92 Å². The molecule has 0 unspecified atom stereocenters. The van der Waals surface area contributed by atoms with Gasteiger partial charge < -0.3 is 14.6 Å². The van der Waals surface area contributed by atoms with E-state index in [9.17, 15) is 10.1 Å². The van der Waals surface area contributed by atoms with Crippen LogP contribution in [0.2, 0.25) is 0 Å². The third kappa shape index (κ3) is 3.26. The van der Waals surface area contributed by atoms with Gasteiger partial charge in [0, 0.05) is 31.4 Å². The van der Waals surface area contributed by atoms with E-state index in [-0.39, 0.29) is 11.7 Å². The molecule has 0 amide bonds. The van der Waals surface area contributed by atoms with Gasteiger partial charge in [-0.3, -0.25) is 10.1 Å². The molecule has 1 N–H and O–H groups in total. The minimum atomic E-state index is -0.471. The van der Waals surface area contributed by atoms with Crippen LogP contribution >= 0.6 is 0 Å². The lowest BCUT2D eigenvalue weighted by Crippen LogP contribution is -2.07. The molecular formula is C11H12N4O4. The van der Waals surface area contributed by atoms with E-state index >= 15 is 0 Å². The van der Waals surface area contributed by atoms with Crippen LogP contribution in [-0.2, 0) is 4.74 Å². The number of hydrogen-bond acceptors (Lipinski definition) is 7. The molecule has 0 atom stereocenters. The zero-order chi connectivity index (χ0) is 13.7. The summed E-state index contributed by atoms with van der Waals surface area (Å²) < 4.78 is 9.84. The highest BCUT2D eigenvalue weighted by Crippen LogP contribution is 2.22. The maximum Gasteiger partial charge on any atom is 0.321 e. The molecule has 0 aliphatic carbocycles. The van der Waals surface area contributed by atoms with Crippen LogP contribution in [-0.4, -0.2) is 35.3 Å². The number of nitro benzene ring substituents is 1. The Bertz CT molecular complexity index is 569. The molecule has 8 nitrogen and oxygen atoms in total. The second-order valence-corrected chi connectivity index (χ2v) is 3.65. The van der Waals surface area contributed by atoms with Crippen molar-refractivity contribution in [3.05, 3.63) is 34.4 Å². The number of nitrogens with one attached hydrogen (secondary N) is 1. The SMILES string of the molecule is COCCNc1nc(-c2cccc([N+](=O)[O-])c2)no1. The first-order chi connectivity index (χ1) is 9.20. The van der Waals surface area contributed by atoms with E-state index in [0.29, 0.717) is 24.5 Å². The lowest BCUT2D eigenvalue weighted by Gasteiger charge is -1.97. The third-order valence-corrected chi connectivity index (χ3v) is 2.32. The van der Waals surface area contributed by atoms with Gasteiger partial charge in [-0.25, -0.2) is 0 Å². The van der Waals surface area contributed by atoms with E-state index in [0.717, 1.165) is 0 Å². The molecule has 0 bridgehead atoms.